The molecular weight excluding hydrogens is 238 g/mol. The lowest BCUT2D eigenvalue weighted by atomic mass is 10.5. The molecule has 0 unspecified atom stereocenters. The molecule has 0 saturated carbocycles. The van der Waals surface area contributed by atoms with E-state index in [0.717, 1.165) is 0 Å². The van der Waals surface area contributed by atoms with E-state index in [1.807, 2.05) is 27.3 Å². The number of rotatable bonds is 6. The average Bonchev–Trinajstić information content (AvgIpc) is 2.33. The van der Waals surface area contributed by atoms with Crippen molar-refractivity contribution in [1.29, 1.82) is 0 Å². The Morgan fingerprint density at radius 1 is 0.765 bits per heavy atom. The standard InChI is InChI=1S/C10H21N3O3Si/c1-5-8(11-14)17(4,9(6-2)12-15)10(7-3)13-16/h14-16H,5-7H2,1-4H3. The molecule has 0 radical (unpaired) electrons. The first-order chi connectivity index (χ1) is 8.06. The Morgan fingerprint density at radius 2 is 1.00 bits per heavy atom. The first-order valence-electron chi connectivity index (χ1n) is 5.70. The zero-order chi connectivity index (χ0) is 13.5. The van der Waals surface area contributed by atoms with Crippen LogP contribution < -0.4 is 0 Å². The van der Waals surface area contributed by atoms with Crippen LogP contribution in [0.4, 0.5) is 0 Å². The molecule has 7 heteroatoms. The molecule has 0 heterocycles. The minimum Gasteiger partial charge on any atom is -0.411 e. The molecule has 0 aliphatic rings. The van der Waals surface area contributed by atoms with Crippen molar-refractivity contribution in [2.45, 2.75) is 46.6 Å². The van der Waals surface area contributed by atoms with Crippen LogP contribution in [-0.2, 0) is 0 Å². The average molecular weight is 259 g/mol. The van der Waals surface area contributed by atoms with E-state index < -0.39 is 8.07 Å². The van der Waals surface area contributed by atoms with Crippen molar-refractivity contribution in [2.24, 2.45) is 15.5 Å². The smallest absolute Gasteiger partial charge is 0.209 e. The van der Waals surface area contributed by atoms with Crippen molar-refractivity contribution in [3.63, 3.8) is 0 Å². The second-order valence-electron chi connectivity index (χ2n) is 3.83. The lowest BCUT2D eigenvalue weighted by Gasteiger charge is -2.28. The zero-order valence-electron chi connectivity index (χ0n) is 10.8. The Balaban J connectivity index is 5.84. The summed E-state index contributed by atoms with van der Waals surface area (Å²) in [4.78, 5) is 0. The van der Waals surface area contributed by atoms with Crippen LogP contribution in [0.5, 0.6) is 0 Å². The maximum Gasteiger partial charge on any atom is 0.209 e. The molecule has 0 amide bonds. The second kappa shape index (κ2) is 7.05. The molecule has 98 valence electrons. The third kappa shape index (κ3) is 2.85. The van der Waals surface area contributed by atoms with Gasteiger partial charge in [0.25, 0.3) is 0 Å². The minimum atomic E-state index is -2.64. The van der Waals surface area contributed by atoms with Crippen LogP contribution in [0, 0.1) is 0 Å². The molecule has 6 nitrogen and oxygen atoms in total. The van der Waals surface area contributed by atoms with Gasteiger partial charge in [-0.05, 0) is 19.3 Å². The summed E-state index contributed by atoms with van der Waals surface area (Å²) >= 11 is 0. The molecule has 0 aliphatic carbocycles. The fourth-order valence-corrected chi connectivity index (χ4v) is 5.79. The minimum absolute atomic E-state index is 0.525. The Morgan fingerprint density at radius 3 is 1.12 bits per heavy atom. The topological polar surface area (TPSA) is 97.8 Å². The predicted octanol–water partition coefficient (Wildman–Crippen LogP) is 2.40. The van der Waals surface area contributed by atoms with Crippen molar-refractivity contribution in [2.75, 3.05) is 0 Å². The summed E-state index contributed by atoms with van der Waals surface area (Å²) in [6.07, 6.45) is 1.58. The van der Waals surface area contributed by atoms with E-state index >= 15 is 0 Å². The van der Waals surface area contributed by atoms with Gasteiger partial charge in [0.1, 0.15) is 0 Å². The van der Waals surface area contributed by atoms with Gasteiger partial charge in [0.2, 0.25) is 8.07 Å². The van der Waals surface area contributed by atoms with E-state index in [1.54, 1.807) is 0 Å². The number of hydrogen-bond donors (Lipinski definition) is 3. The summed E-state index contributed by atoms with van der Waals surface area (Å²) in [5, 5.41) is 38.8. The van der Waals surface area contributed by atoms with Crippen LogP contribution in [0.15, 0.2) is 15.5 Å². The maximum absolute atomic E-state index is 9.09. The monoisotopic (exact) mass is 259 g/mol. The SMILES string of the molecule is CCC(=NO)[Si](C)(C(CC)=NO)C(CC)=NO. The molecule has 0 bridgehead atoms. The number of oxime groups is 3. The Bertz CT molecular complexity index is 289. The van der Waals surface area contributed by atoms with Gasteiger partial charge in [0, 0.05) is 0 Å². The summed E-state index contributed by atoms with van der Waals surface area (Å²) in [6.45, 7) is 7.43. The van der Waals surface area contributed by atoms with E-state index in [-0.39, 0.29) is 0 Å². The second-order valence-corrected chi connectivity index (χ2v) is 7.81. The van der Waals surface area contributed by atoms with Crippen LogP contribution in [0.3, 0.4) is 0 Å². The highest BCUT2D eigenvalue weighted by atomic mass is 28.3. The van der Waals surface area contributed by atoms with Crippen LogP contribution >= 0.6 is 0 Å². The highest BCUT2D eigenvalue weighted by molar-refractivity contribution is 7.41. The van der Waals surface area contributed by atoms with Crippen LogP contribution in [0.1, 0.15) is 40.0 Å². The van der Waals surface area contributed by atoms with Gasteiger partial charge in [0.15, 0.2) is 0 Å². The van der Waals surface area contributed by atoms with Gasteiger partial charge >= 0.3 is 0 Å². The molecule has 3 N–H and O–H groups in total. The zero-order valence-corrected chi connectivity index (χ0v) is 11.8. The summed E-state index contributed by atoms with van der Waals surface area (Å²) in [5.41, 5.74) is 0. The molecule has 0 aliphatic heterocycles. The Kier molecular flexibility index (Phi) is 6.48. The lowest BCUT2D eigenvalue weighted by molar-refractivity contribution is 0.317. The molecule has 17 heavy (non-hydrogen) atoms. The molecule has 0 aromatic carbocycles. The Labute approximate surface area is 102 Å². The van der Waals surface area contributed by atoms with Crippen LogP contribution in [0.2, 0.25) is 6.55 Å². The first-order valence-corrected chi connectivity index (χ1v) is 8.20. The van der Waals surface area contributed by atoms with Crippen LogP contribution in [-0.4, -0.2) is 39.7 Å². The third-order valence-corrected chi connectivity index (χ3v) is 7.92. The van der Waals surface area contributed by atoms with Gasteiger partial charge in [-0.15, -0.1) is 15.5 Å². The summed E-state index contributed by atoms with van der Waals surface area (Å²) < 4.78 is 0. The van der Waals surface area contributed by atoms with E-state index in [9.17, 15) is 0 Å². The molecule has 0 aromatic heterocycles. The van der Waals surface area contributed by atoms with Gasteiger partial charge in [-0.2, -0.15) is 0 Å². The number of hydrogen-bond acceptors (Lipinski definition) is 6. The van der Waals surface area contributed by atoms with Crippen LogP contribution in [0.25, 0.3) is 0 Å². The molecule has 0 saturated heterocycles. The highest BCUT2D eigenvalue weighted by Gasteiger charge is 2.43. The molecule has 0 atom stereocenters. The van der Waals surface area contributed by atoms with E-state index in [1.165, 1.54) is 0 Å². The summed E-state index contributed by atoms with van der Waals surface area (Å²) in [5.74, 6) is 0. The normalized spacial score (nSPS) is 18.0. The quantitative estimate of drug-likeness (QED) is 0.295. The van der Waals surface area contributed by atoms with Gasteiger partial charge in [0.05, 0.1) is 16.0 Å². The largest absolute Gasteiger partial charge is 0.411 e. The van der Waals surface area contributed by atoms with Gasteiger partial charge < -0.3 is 15.6 Å². The van der Waals surface area contributed by atoms with Gasteiger partial charge in [-0.1, -0.05) is 27.3 Å². The lowest BCUT2D eigenvalue weighted by Crippen LogP contribution is -2.56. The number of nitrogens with zero attached hydrogens (tertiary/aromatic N) is 3. The Hall–Kier alpha value is -1.37. The molecule has 0 fully saturated rings. The van der Waals surface area contributed by atoms with E-state index in [4.69, 9.17) is 15.6 Å². The maximum atomic E-state index is 9.09. The molecule has 0 spiro atoms. The van der Waals surface area contributed by atoms with Crippen molar-refractivity contribution >= 4 is 24.1 Å². The van der Waals surface area contributed by atoms with E-state index in [0.29, 0.717) is 35.3 Å². The fourth-order valence-electron chi connectivity index (χ4n) is 2.07. The van der Waals surface area contributed by atoms with E-state index in [2.05, 4.69) is 15.5 Å². The third-order valence-electron chi connectivity index (χ3n) is 3.10. The molecule has 0 aromatic rings. The molecular formula is C10H21N3O3Si. The van der Waals surface area contributed by atoms with Gasteiger partial charge in [-0.3, -0.25) is 0 Å². The summed E-state index contributed by atoms with van der Waals surface area (Å²) in [6, 6.07) is 0. The summed E-state index contributed by atoms with van der Waals surface area (Å²) in [7, 11) is -2.64. The molecule has 0 rings (SSSR count). The van der Waals surface area contributed by atoms with Crippen molar-refractivity contribution in [3.05, 3.63) is 0 Å². The van der Waals surface area contributed by atoms with Crippen molar-refractivity contribution < 1.29 is 15.6 Å². The highest BCUT2D eigenvalue weighted by Crippen LogP contribution is 2.18. The van der Waals surface area contributed by atoms with Crippen molar-refractivity contribution in [1.82, 2.24) is 0 Å². The predicted molar refractivity (Wildman–Crippen MR) is 70.2 cm³/mol. The fraction of sp³-hybridized carbons (Fsp3) is 0.700. The van der Waals surface area contributed by atoms with Gasteiger partial charge in [-0.25, -0.2) is 0 Å². The first kappa shape index (κ1) is 15.6. The van der Waals surface area contributed by atoms with Crippen molar-refractivity contribution in [3.8, 4) is 0 Å².